The summed E-state index contributed by atoms with van der Waals surface area (Å²) in [6.45, 7) is -0.0344. The number of amides is 3. The molecule has 1 saturated heterocycles. The Kier molecular flexibility index (Phi) is 5.62. The lowest BCUT2D eigenvalue weighted by molar-refractivity contribution is -0.155. The van der Waals surface area contributed by atoms with Gasteiger partial charge in [0.1, 0.15) is 0 Å². The molecule has 0 aromatic heterocycles. The van der Waals surface area contributed by atoms with E-state index in [0.717, 1.165) is 27.3 Å². The molecule has 0 spiro atoms. The summed E-state index contributed by atoms with van der Waals surface area (Å²) in [6, 6.07) is 29.7. The van der Waals surface area contributed by atoms with Gasteiger partial charge in [-0.05, 0) is 58.1 Å². The number of benzene rings is 4. The van der Waals surface area contributed by atoms with Gasteiger partial charge in [0.2, 0.25) is 0 Å². The lowest BCUT2D eigenvalue weighted by atomic mass is 9.55. The Morgan fingerprint density at radius 2 is 1.13 bits per heavy atom. The topological polar surface area (TPSA) is 57.7 Å². The Hall–Kier alpha value is -3.93. The maximum absolute atomic E-state index is 14.3. The van der Waals surface area contributed by atoms with E-state index in [2.05, 4.69) is 24.3 Å². The van der Waals surface area contributed by atoms with Gasteiger partial charge >= 0.3 is 0 Å². The quantitative estimate of drug-likeness (QED) is 0.273. The second-order valence-electron chi connectivity index (χ2n) is 10.2. The zero-order valence-electron chi connectivity index (χ0n) is 20.6. The highest BCUT2D eigenvalue weighted by Gasteiger charge is 2.63. The second kappa shape index (κ2) is 9.08. The van der Waals surface area contributed by atoms with E-state index in [1.54, 1.807) is 42.5 Å². The van der Waals surface area contributed by atoms with Gasteiger partial charge < -0.3 is 0 Å². The SMILES string of the molecule is O=C(c1ccc(Cl)cc1)N(Cc1ccccc1Cl)N1C(=O)[C@H]2C3c4ccccc4C(c4ccccc43)[C@@H]2C1=O. The predicted molar refractivity (Wildman–Crippen MR) is 148 cm³/mol. The fourth-order valence-electron chi connectivity index (χ4n) is 6.66. The highest BCUT2D eigenvalue weighted by Crippen LogP contribution is 2.61. The molecule has 39 heavy (non-hydrogen) atoms. The lowest BCUT2D eigenvalue weighted by Crippen LogP contribution is -2.50. The predicted octanol–water partition coefficient (Wildman–Crippen LogP) is 6.44. The molecule has 0 unspecified atom stereocenters. The van der Waals surface area contributed by atoms with E-state index in [1.165, 1.54) is 5.01 Å². The highest BCUT2D eigenvalue weighted by molar-refractivity contribution is 6.31. The average molecular weight is 553 g/mol. The van der Waals surface area contributed by atoms with Crippen molar-refractivity contribution in [1.29, 1.82) is 0 Å². The molecule has 0 saturated carbocycles. The van der Waals surface area contributed by atoms with Crippen molar-refractivity contribution in [1.82, 2.24) is 10.0 Å². The third-order valence-electron chi connectivity index (χ3n) is 8.27. The molecule has 4 aromatic rings. The van der Waals surface area contributed by atoms with Crippen molar-refractivity contribution < 1.29 is 14.4 Å². The van der Waals surface area contributed by atoms with Crippen molar-refractivity contribution in [3.8, 4) is 0 Å². The molecule has 3 aliphatic carbocycles. The van der Waals surface area contributed by atoms with Crippen LogP contribution in [0.4, 0.5) is 0 Å². The molecule has 2 bridgehead atoms. The first-order valence-corrected chi connectivity index (χ1v) is 13.6. The van der Waals surface area contributed by atoms with E-state index >= 15 is 0 Å². The van der Waals surface area contributed by atoms with Crippen LogP contribution in [0.5, 0.6) is 0 Å². The molecule has 1 fully saturated rings. The minimum absolute atomic E-state index is 0.0344. The summed E-state index contributed by atoms with van der Waals surface area (Å²) in [7, 11) is 0. The van der Waals surface area contributed by atoms with Crippen molar-refractivity contribution in [2.45, 2.75) is 18.4 Å². The first-order valence-electron chi connectivity index (χ1n) is 12.8. The fourth-order valence-corrected chi connectivity index (χ4v) is 6.98. The molecule has 4 aromatic carbocycles. The summed E-state index contributed by atoms with van der Waals surface area (Å²) in [4.78, 5) is 42.6. The van der Waals surface area contributed by atoms with E-state index in [-0.39, 0.29) is 30.2 Å². The summed E-state index contributed by atoms with van der Waals surface area (Å²) >= 11 is 12.5. The van der Waals surface area contributed by atoms with Crippen molar-refractivity contribution in [3.63, 3.8) is 0 Å². The number of imide groups is 1. The fraction of sp³-hybridized carbons (Fsp3) is 0.156. The molecule has 4 aliphatic rings. The molecular weight excluding hydrogens is 531 g/mol. The van der Waals surface area contributed by atoms with Crippen LogP contribution in [-0.4, -0.2) is 27.7 Å². The summed E-state index contributed by atoms with van der Waals surface area (Å²) in [6.07, 6.45) is 0. The van der Waals surface area contributed by atoms with Gasteiger partial charge in [-0.3, -0.25) is 14.4 Å². The molecule has 3 amide bonds. The number of rotatable bonds is 4. The summed E-state index contributed by atoms with van der Waals surface area (Å²) in [5.41, 5.74) is 5.25. The molecular formula is C32H22Cl2N2O3. The van der Waals surface area contributed by atoms with E-state index in [9.17, 15) is 14.4 Å². The molecule has 1 aliphatic heterocycles. The maximum Gasteiger partial charge on any atom is 0.273 e. The lowest BCUT2D eigenvalue weighted by Gasteiger charge is -2.45. The van der Waals surface area contributed by atoms with Crippen LogP contribution in [0.25, 0.3) is 0 Å². The Bertz CT molecular complexity index is 1550. The first-order chi connectivity index (χ1) is 19.0. The summed E-state index contributed by atoms with van der Waals surface area (Å²) in [5.74, 6) is -2.92. The molecule has 0 radical (unpaired) electrons. The van der Waals surface area contributed by atoms with E-state index in [0.29, 0.717) is 21.2 Å². The number of carbonyl (C=O) groups excluding carboxylic acids is 3. The maximum atomic E-state index is 14.3. The van der Waals surface area contributed by atoms with Gasteiger partial charge in [-0.1, -0.05) is 89.9 Å². The Morgan fingerprint density at radius 1 is 0.667 bits per heavy atom. The van der Waals surface area contributed by atoms with Crippen molar-refractivity contribution in [2.75, 3.05) is 0 Å². The van der Waals surface area contributed by atoms with Gasteiger partial charge in [0.15, 0.2) is 0 Å². The first kappa shape index (κ1) is 24.1. The zero-order valence-corrected chi connectivity index (χ0v) is 22.1. The smallest absolute Gasteiger partial charge is 0.272 e. The normalized spacial score (nSPS) is 22.4. The number of halogens is 2. The van der Waals surface area contributed by atoms with Crippen LogP contribution in [0, 0.1) is 11.8 Å². The second-order valence-corrected chi connectivity index (χ2v) is 11.1. The van der Waals surface area contributed by atoms with Crippen LogP contribution in [0.2, 0.25) is 10.0 Å². The van der Waals surface area contributed by atoms with Crippen molar-refractivity contribution in [3.05, 3.63) is 140 Å². The van der Waals surface area contributed by atoms with Crippen LogP contribution >= 0.6 is 23.2 Å². The standard InChI is InChI=1S/C32H22Cl2N2O3/c33-20-15-13-18(14-16-20)30(37)35(17-19-7-1-6-12-25(19)34)36-31(38)28-26-21-8-2-3-9-22(21)27(29(28)32(36)39)24-11-5-4-10-23(24)26/h1-16,26-29H,17H2/t26?,27?,28-,29-/m0/s1. The minimum Gasteiger partial charge on any atom is -0.272 e. The van der Waals surface area contributed by atoms with Crippen LogP contribution in [0.15, 0.2) is 97.1 Å². The highest BCUT2D eigenvalue weighted by atomic mass is 35.5. The molecule has 0 N–H and O–H groups in total. The number of hydrogen-bond acceptors (Lipinski definition) is 3. The Balaban J connectivity index is 1.36. The number of carbonyl (C=O) groups is 3. The van der Waals surface area contributed by atoms with E-state index < -0.39 is 17.7 Å². The molecule has 2 atom stereocenters. The summed E-state index contributed by atoms with van der Waals surface area (Å²) in [5, 5.41) is 3.27. The third kappa shape index (κ3) is 3.57. The monoisotopic (exact) mass is 552 g/mol. The van der Waals surface area contributed by atoms with E-state index in [1.807, 2.05) is 30.3 Å². The number of hydrogen-bond donors (Lipinski definition) is 0. The minimum atomic E-state index is -0.598. The van der Waals surface area contributed by atoms with Gasteiger partial charge in [0, 0.05) is 27.4 Å². The Morgan fingerprint density at radius 3 is 1.62 bits per heavy atom. The van der Waals surface area contributed by atoms with Crippen LogP contribution in [-0.2, 0) is 16.1 Å². The number of hydrazine groups is 1. The third-order valence-corrected chi connectivity index (χ3v) is 8.89. The van der Waals surface area contributed by atoms with Gasteiger partial charge in [-0.15, -0.1) is 0 Å². The zero-order chi connectivity index (χ0) is 26.8. The van der Waals surface area contributed by atoms with Gasteiger partial charge in [-0.2, -0.15) is 5.01 Å². The largest absolute Gasteiger partial charge is 0.273 e. The number of nitrogens with zero attached hydrogens (tertiary/aromatic N) is 2. The molecule has 7 heteroatoms. The average Bonchev–Trinajstić information content (AvgIpc) is 3.22. The molecule has 8 rings (SSSR count). The van der Waals surface area contributed by atoms with Crippen LogP contribution in [0.1, 0.15) is 50.0 Å². The van der Waals surface area contributed by atoms with Crippen molar-refractivity contribution >= 4 is 40.9 Å². The van der Waals surface area contributed by atoms with Gasteiger partial charge in [0.25, 0.3) is 17.7 Å². The van der Waals surface area contributed by atoms with Crippen LogP contribution in [0.3, 0.4) is 0 Å². The van der Waals surface area contributed by atoms with Crippen molar-refractivity contribution in [2.24, 2.45) is 11.8 Å². The molecule has 5 nitrogen and oxygen atoms in total. The Labute approximate surface area is 235 Å². The van der Waals surface area contributed by atoms with Crippen LogP contribution < -0.4 is 0 Å². The van der Waals surface area contributed by atoms with Gasteiger partial charge in [0.05, 0.1) is 18.4 Å². The molecule has 192 valence electrons. The summed E-state index contributed by atoms with van der Waals surface area (Å²) < 4.78 is 0. The van der Waals surface area contributed by atoms with Gasteiger partial charge in [-0.25, -0.2) is 5.01 Å². The van der Waals surface area contributed by atoms with E-state index in [4.69, 9.17) is 23.2 Å². The molecule has 1 heterocycles.